The minimum absolute atomic E-state index is 0.320. The first-order chi connectivity index (χ1) is 22.2. The Morgan fingerprint density at radius 2 is 1.43 bits per heavy atom. The maximum absolute atomic E-state index is 13.4. The molecule has 0 saturated heterocycles. The van der Waals surface area contributed by atoms with E-state index < -0.39 is 17.6 Å². The third kappa shape index (κ3) is 6.36. The van der Waals surface area contributed by atoms with Crippen LogP contribution in [-0.2, 0) is 29.0 Å². The number of methoxy groups -OCH3 is 1. The standard InChI is InChI=1S/C35H38N8O3/c1-35(2,36)34(45)40-31(17-24-19-38-29-11-7-5-9-27(24)29)33-42-41-32(43(33)20-22-12-14-25(46-3)15-13-22)30(39-21-44)16-23-18-37-28-10-6-4-8-26(23)28/h4-15,18-19,21,30-31,37-38H,16-17,20,36H2,1-3H3,(H,39,44)(H,40,45)/t30-,31?/m1/s1. The molecule has 3 aromatic carbocycles. The molecular weight excluding hydrogens is 580 g/mol. The highest BCUT2D eigenvalue weighted by Gasteiger charge is 2.31. The predicted molar refractivity (Wildman–Crippen MR) is 177 cm³/mol. The molecule has 2 atom stereocenters. The summed E-state index contributed by atoms with van der Waals surface area (Å²) in [4.78, 5) is 32.0. The Morgan fingerprint density at radius 1 is 0.891 bits per heavy atom. The Bertz CT molecular complexity index is 1970. The number of nitrogens with two attached hydrogens (primary N) is 1. The summed E-state index contributed by atoms with van der Waals surface area (Å²) >= 11 is 0. The third-order valence-electron chi connectivity index (χ3n) is 8.29. The average molecular weight is 619 g/mol. The van der Waals surface area contributed by atoms with Crippen LogP contribution in [0.25, 0.3) is 21.8 Å². The Kier molecular flexibility index (Phi) is 8.58. The number of fused-ring (bicyclic) bond motifs is 2. The van der Waals surface area contributed by atoms with Crippen LogP contribution in [0.4, 0.5) is 0 Å². The maximum atomic E-state index is 13.4. The quantitative estimate of drug-likeness (QED) is 0.120. The summed E-state index contributed by atoms with van der Waals surface area (Å²) in [6.07, 6.45) is 5.50. The molecule has 6 aromatic rings. The summed E-state index contributed by atoms with van der Waals surface area (Å²) in [6, 6.07) is 22.7. The van der Waals surface area contributed by atoms with E-state index in [1.54, 1.807) is 21.0 Å². The van der Waals surface area contributed by atoms with E-state index in [0.717, 1.165) is 44.2 Å². The smallest absolute Gasteiger partial charge is 0.240 e. The van der Waals surface area contributed by atoms with Crippen LogP contribution in [0.1, 0.15) is 54.3 Å². The van der Waals surface area contributed by atoms with Gasteiger partial charge in [-0.25, -0.2) is 0 Å². The van der Waals surface area contributed by atoms with E-state index in [4.69, 9.17) is 15.6 Å². The number of rotatable bonds is 13. The molecule has 0 radical (unpaired) electrons. The topological polar surface area (TPSA) is 156 Å². The van der Waals surface area contributed by atoms with E-state index in [2.05, 4.69) is 25.7 Å². The lowest BCUT2D eigenvalue weighted by Crippen LogP contribution is -2.50. The number of hydrogen-bond donors (Lipinski definition) is 5. The zero-order valence-electron chi connectivity index (χ0n) is 26.1. The summed E-state index contributed by atoms with van der Waals surface area (Å²) in [5.74, 6) is 1.53. The van der Waals surface area contributed by atoms with E-state index in [1.807, 2.05) is 89.8 Å². The van der Waals surface area contributed by atoms with Crippen LogP contribution in [0.2, 0.25) is 0 Å². The van der Waals surface area contributed by atoms with Crippen molar-refractivity contribution < 1.29 is 14.3 Å². The normalized spacial score (nSPS) is 13.0. The fourth-order valence-corrected chi connectivity index (χ4v) is 5.82. The predicted octanol–water partition coefficient (Wildman–Crippen LogP) is 4.46. The first-order valence-electron chi connectivity index (χ1n) is 15.2. The Morgan fingerprint density at radius 3 is 1.98 bits per heavy atom. The summed E-state index contributed by atoms with van der Waals surface area (Å²) < 4.78 is 7.37. The zero-order valence-corrected chi connectivity index (χ0v) is 26.1. The van der Waals surface area contributed by atoms with Crippen LogP contribution < -0.4 is 21.1 Å². The molecule has 2 amide bonds. The number of aromatic nitrogens is 5. The molecule has 11 nitrogen and oxygen atoms in total. The molecule has 6 N–H and O–H groups in total. The number of hydrogen-bond acceptors (Lipinski definition) is 6. The minimum Gasteiger partial charge on any atom is -0.497 e. The van der Waals surface area contributed by atoms with Crippen molar-refractivity contribution >= 4 is 34.1 Å². The van der Waals surface area contributed by atoms with Crippen LogP contribution in [-0.4, -0.2) is 49.7 Å². The fraction of sp³-hybridized carbons (Fsp3) is 0.257. The van der Waals surface area contributed by atoms with Gasteiger partial charge < -0.3 is 35.6 Å². The molecule has 0 aliphatic heterocycles. The lowest BCUT2D eigenvalue weighted by molar-refractivity contribution is -0.126. The van der Waals surface area contributed by atoms with Crippen LogP contribution in [0.5, 0.6) is 5.75 Å². The maximum Gasteiger partial charge on any atom is 0.240 e. The Balaban J connectivity index is 1.45. The summed E-state index contributed by atoms with van der Waals surface area (Å²) in [6.45, 7) is 3.73. The molecule has 236 valence electrons. The van der Waals surface area contributed by atoms with Gasteiger partial charge in [0.05, 0.1) is 31.3 Å². The molecule has 0 spiro atoms. The highest BCUT2D eigenvalue weighted by atomic mass is 16.5. The molecule has 46 heavy (non-hydrogen) atoms. The van der Waals surface area contributed by atoms with Crippen molar-refractivity contribution in [1.82, 2.24) is 35.4 Å². The second-order valence-corrected chi connectivity index (χ2v) is 12.1. The molecule has 0 saturated carbocycles. The molecule has 3 heterocycles. The van der Waals surface area contributed by atoms with E-state index >= 15 is 0 Å². The molecule has 11 heteroatoms. The molecule has 0 bridgehead atoms. The number of aromatic amines is 2. The van der Waals surface area contributed by atoms with Gasteiger partial charge in [-0.1, -0.05) is 48.5 Å². The minimum atomic E-state index is -1.13. The second-order valence-electron chi connectivity index (χ2n) is 12.1. The van der Waals surface area contributed by atoms with Gasteiger partial charge in [0, 0.05) is 47.0 Å². The van der Waals surface area contributed by atoms with Crippen molar-refractivity contribution in [2.24, 2.45) is 5.73 Å². The molecule has 0 aliphatic rings. The molecule has 0 aliphatic carbocycles. The summed E-state index contributed by atoms with van der Waals surface area (Å²) in [5, 5.41) is 17.6. The van der Waals surface area contributed by atoms with Crippen molar-refractivity contribution in [3.8, 4) is 5.75 Å². The van der Waals surface area contributed by atoms with Crippen molar-refractivity contribution in [3.05, 3.63) is 114 Å². The average Bonchev–Trinajstić information content (AvgIpc) is 3.78. The number of amides is 2. The number of carbonyl (C=O) groups is 2. The van der Waals surface area contributed by atoms with Crippen LogP contribution in [0.15, 0.2) is 85.2 Å². The van der Waals surface area contributed by atoms with Crippen LogP contribution in [0, 0.1) is 0 Å². The van der Waals surface area contributed by atoms with Gasteiger partial charge >= 0.3 is 0 Å². The highest BCUT2D eigenvalue weighted by Crippen LogP contribution is 2.29. The van der Waals surface area contributed by atoms with E-state index in [9.17, 15) is 9.59 Å². The van der Waals surface area contributed by atoms with Crippen molar-refractivity contribution in [1.29, 1.82) is 0 Å². The van der Waals surface area contributed by atoms with Gasteiger partial charge in [-0.05, 0) is 54.8 Å². The van der Waals surface area contributed by atoms with Gasteiger partial charge in [-0.2, -0.15) is 0 Å². The van der Waals surface area contributed by atoms with Crippen LogP contribution in [0.3, 0.4) is 0 Å². The zero-order chi connectivity index (χ0) is 32.3. The number of ether oxygens (including phenoxy) is 1. The van der Waals surface area contributed by atoms with E-state index in [-0.39, 0.29) is 5.91 Å². The molecule has 3 aromatic heterocycles. The Hall–Kier alpha value is -5.42. The molecule has 6 rings (SSSR count). The Labute approximate surface area is 266 Å². The van der Waals surface area contributed by atoms with Crippen LogP contribution >= 0.6 is 0 Å². The third-order valence-corrected chi connectivity index (χ3v) is 8.29. The number of nitrogens with zero attached hydrogens (tertiary/aromatic N) is 3. The van der Waals surface area contributed by atoms with Gasteiger partial charge in [0.25, 0.3) is 0 Å². The number of para-hydroxylation sites is 2. The lowest BCUT2D eigenvalue weighted by atomic mass is 10.0. The SMILES string of the molecule is COc1ccc(Cn2c(C(Cc3c[nH]c4ccccc34)NC(=O)C(C)(C)N)nnc2[C@@H](Cc2c[nH]c3ccccc23)NC=O)cc1. The molecule has 0 fully saturated rings. The van der Waals surface area contributed by atoms with Crippen molar-refractivity contribution in [2.75, 3.05) is 7.11 Å². The van der Waals surface area contributed by atoms with E-state index in [1.165, 1.54) is 0 Å². The first kappa shape index (κ1) is 30.6. The first-order valence-corrected chi connectivity index (χ1v) is 15.2. The molecule has 1 unspecified atom stereocenters. The number of H-pyrrole nitrogens is 2. The van der Waals surface area contributed by atoms with E-state index in [0.29, 0.717) is 37.4 Å². The van der Waals surface area contributed by atoms with Gasteiger partial charge in [0.1, 0.15) is 5.75 Å². The van der Waals surface area contributed by atoms with Gasteiger partial charge in [0.2, 0.25) is 12.3 Å². The highest BCUT2D eigenvalue weighted by molar-refractivity contribution is 5.86. The summed E-state index contributed by atoms with van der Waals surface area (Å²) in [7, 11) is 1.63. The summed E-state index contributed by atoms with van der Waals surface area (Å²) in [5.41, 5.74) is 10.1. The number of benzene rings is 3. The molecular formula is C35H38N8O3. The van der Waals surface area contributed by atoms with Crippen molar-refractivity contribution in [3.63, 3.8) is 0 Å². The van der Waals surface area contributed by atoms with Crippen molar-refractivity contribution in [2.45, 2.75) is 50.9 Å². The fourth-order valence-electron chi connectivity index (χ4n) is 5.82. The monoisotopic (exact) mass is 618 g/mol. The lowest BCUT2D eigenvalue weighted by Gasteiger charge is -2.25. The van der Waals surface area contributed by atoms with Gasteiger partial charge in [0.15, 0.2) is 11.6 Å². The van der Waals surface area contributed by atoms with Gasteiger partial charge in [-0.3, -0.25) is 9.59 Å². The van der Waals surface area contributed by atoms with Gasteiger partial charge in [-0.15, -0.1) is 10.2 Å². The number of carbonyl (C=O) groups excluding carboxylic acids is 2. The number of nitrogens with one attached hydrogen (secondary N) is 4. The second kappa shape index (κ2) is 12.9. The largest absolute Gasteiger partial charge is 0.497 e.